The first-order valence-electron chi connectivity index (χ1n) is 4.23. The van der Waals surface area contributed by atoms with E-state index in [9.17, 15) is 13.2 Å². The van der Waals surface area contributed by atoms with Gasteiger partial charge in [-0.15, -0.1) is 0 Å². The highest BCUT2D eigenvalue weighted by Crippen LogP contribution is 2.20. The quantitative estimate of drug-likeness (QED) is 0.338. The van der Waals surface area contributed by atoms with E-state index in [1.54, 1.807) is 0 Å². The minimum absolute atomic E-state index is 0.677. The van der Waals surface area contributed by atoms with Crippen LogP contribution in [-0.4, -0.2) is 44.4 Å². The Hall–Kier alpha value is 0.267. The van der Waals surface area contributed by atoms with Crippen LogP contribution in [0.25, 0.3) is 0 Å². The Balaban J connectivity index is 0. The van der Waals surface area contributed by atoms with Crippen molar-refractivity contribution in [3.8, 4) is 0 Å². The van der Waals surface area contributed by atoms with Crippen molar-refractivity contribution < 1.29 is 26.1 Å². The maximum Gasteiger partial charge on any atom is 0.485 e. The van der Waals surface area contributed by atoms with Crippen LogP contribution in [0.2, 0.25) is 19.6 Å². The van der Waals surface area contributed by atoms with Crippen molar-refractivity contribution in [2.24, 2.45) is 0 Å². The molecule has 16 heavy (non-hydrogen) atoms. The van der Waals surface area contributed by atoms with E-state index in [2.05, 4.69) is 32.2 Å². The summed E-state index contributed by atoms with van der Waals surface area (Å²) in [5, 5.41) is 1.49. The van der Waals surface area contributed by atoms with Crippen molar-refractivity contribution in [3.05, 3.63) is 0 Å². The summed E-state index contributed by atoms with van der Waals surface area (Å²) in [5.41, 5.74) is -5.65. The van der Waals surface area contributed by atoms with Gasteiger partial charge in [0.25, 0.3) is 0 Å². The molecule has 0 N–H and O–H groups in total. The molecule has 0 unspecified atom stereocenters. The van der Waals surface area contributed by atoms with Gasteiger partial charge in [0.1, 0.15) is 8.07 Å². The average Bonchev–Trinajstić information content (AvgIpc) is 1.74. The largest absolute Gasteiger partial charge is 0.741 e. The summed E-state index contributed by atoms with van der Waals surface area (Å²) in [7, 11) is -6.12. The highest BCUT2D eigenvalue weighted by atomic mass is 32.2. The molecule has 0 heterocycles. The Morgan fingerprint density at radius 3 is 1.44 bits per heavy atom. The Labute approximate surface area is 98.5 Å². The Morgan fingerprint density at radius 1 is 1.19 bits per heavy atom. The standard InChI is InChI=1S/C6H17SSi.CHF3O3S/c1-7(2)6-8(3,4)5;2-1(3,4)8(5,6)7/h6H2,1-5H3;(H,5,6,7)/q+1;/p-1. The van der Waals surface area contributed by atoms with Crippen LogP contribution in [0.4, 0.5) is 13.2 Å². The molecule has 0 aromatic rings. The first-order chi connectivity index (χ1) is 6.67. The van der Waals surface area contributed by atoms with Crippen molar-refractivity contribution >= 4 is 29.1 Å². The number of halogens is 3. The maximum absolute atomic E-state index is 10.7. The summed E-state index contributed by atoms with van der Waals surface area (Å²) < 4.78 is 58.9. The summed E-state index contributed by atoms with van der Waals surface area (Å²) in [6.45, 7) is 7.29. The van der Waals surface area contributed by atoms with Gasteiger partial charge >= 0.3 is 5.51 Å². The molecular formula is C7H17F3O3S2Si. The van der Waals surface area contributed by atoms with Gasteiger partial charge < -0.3 is 4.55 Å². The van der Waals surface area contributed by atoms with Crippen molar-refractivity contribution in [2.45, 2.75) is 25.1 Å². The lowest BCUT2D eigenvalue weighted by Crippen LogP contribution is -2.30. The molecule has 100 valence electrons. The van der Waals surface area contributed by atoms with Crippen LogP contribution in [0.3, 0.4) is 0 Å². The second-order valence-electron chi connectivity index (χ2n) is 4.59. The van der Waals surface area contributed by atoms with E-state index in [1.807, 2.05) is 0 Å². The van der Waals surface area contributed by atoms with E-state index < -0.39 is 23.7 Å². The first-order valence-corrected chi connectivity index (χ1v) is 11.6. The molecule has 0 saturated heterocycles. The Morgan fingerprint density at radius 2 is 1.44 bits per heavy atom. The van der Waals surface area contributed by atoms with Crippen LogP contribution in [-0.2, 0) is 21.0 Å². The van der Waals surface area contributed by atoms with Gasteiger partial charge in [0, 0.05) is 0 Å². The number of rotatable bonds is 2. The molecule has 0 rings (SSSR count). The van der Waals surface area contributed by atoms with Gasteiger partial charge in [0.05, 0.1) is 17.9 Å². The van der Waals surface area contributed by atoms with E-state index in [-0.39, 0.29) is 0 Å². The van der Waals surface area contributed by atoms with Gasteiger partial charge in [0.2, 0.25) is 0 Å². The Bertz CT molecular complexity index is 293. The van der Waals surface area contributed by atoms with Crippen LogP contribution in [0.1, 0.15) is 0 Å². The fraction of sp³-hybridized carbons (Fsp3) is 1.00. The lowest BCUT2D eigenvalue weighted by atomic mass is 11.6. The zero-order chi connectivity index (χ0) is 13.8. The van der Waals surface area contributed by atoms with Gasteiger partial charge in [0.15, 0.2) is 10.1 Å². The van der Waals surface area contributed by atoms with Crippen LogP contribution in [0.5, 0.6) is 0 Å². The minimum Gasteiger partial charge on any atom is -0.741 e. The molecule has 0 aromatic heterocycles. The highest BCUT2D eigenvalue weighted by molar-refractivity contribution is 7.97. The van der Waals surface area contributed by atoms with Crippen molar-refractivity contribution in [1.82, 2.24) is 0 Å². The van der Waals surface area contributed by atoms with E-state index >= 15 is 0 Å². The minimum atomic E-state index is -6.09. The molecule has 0 fully saturated rings. The Kier molecular flexibility index (Phi) is 7.30. The molecule has 0 aliphatic carbocycles. The third kappa shape index (κ3) is 12.3. The van der Waals surface area contributed by atoms with E-state index in [0.717, 1.165) is 0 Å². The zero-order valence-corrected chi connectivity index (χ0v) is 12.5. The van der Waals surface area contributed by atoms with Crippen LogP contribution in [0, 0.1) is 0 Å². The van der Waals surface area contributed by atoms with Crippen molar-refractivity contribution in [1.29, 1.82) is 0 Å². The molecule has 9 heteroatoms. The smallest absolute Gasteiger partial charge is 0.485 e. The molecule has 0 radical (unpaired) electrons. The van der Waals surface area contributed by atoms with Gasteiger partial charge in [-0.3, -0.25) is 0 Å². The molecule has 0 saturated carbocycles. The van der Waals surface area contributed by atoms with E-state index in [1.165, 1.54) is 5.38 Å². The number of alkyl halides is 3. The van der Waals surface area contributed by atoms with Crippen LogP contribution in [0.15, 0.2) is 0 Å². The molecule has 0 atom stereocenters. The number of hydrogen-bond donors (Lipinski definition) is 0. The van der Waals surface area contributed by atoms with E-state index in [0.29, 0.717) is 10.9 Å². The third-order valence-corrected chi connectivity index (χ3v) is 7.35. The van der Waals surface area contributed by atoms with E-state index in [4.69, 9.17) is 13.0 Å². The molecule has 0 aromatic carbocycles. The summed E-state index contributed by atoms with van der Waals surface area (Å²) in [4.78, 5) is 0. The highest BCUT2D eigenvalue weighted by Gasteiger charge is 2.36. The monoisotopic (exact) mass is 298 g/mol. The van der Waals surface area contributed by atoms with Gasteiger partial charge in [-0.1, -0.05) is 19.6 Å². The summed E-state index contributed by atoms with van der Waals surface area (Å²) in [6.07, 6.45) is 4.66. The molecule has 0 spiro atoms. The average molecular weight is 298 g/mol. The van der Waals surface area contributed by atoms with Crippen LogP contribution < -0.4 is 0 Å². The second-order valence-corrected chi connectivity index (χ2v) is 14.2. The normalized spacial score (nSPS) is 13.4. The van der Waals surface area contributed by atoms with Gasteiger partial charge in [-0.05, 0) is 10.9 Å². The van der Waals surface area contributed by atoms with Crippen molar-refractivity contribution in [3.63, 3.8) is 0 Å². The van der Waals surface area contributed by atoms with Gasteiger partial charge in [-0.25, -0.2) is 8.42 Å². The zero-order valence-electron chi connectivity index (χ0n) is 9.88. The molecular weight excluding hydrogens is 281 g/mol. The number of hydrogen-bond acceptors (Lipinski definition) is 3. The fourth-order valence-corrected chi connectivity index (χ4v) is 7.79. The topological polar surface area (TPSA) is 57.2 Å². The molecule has 0 aliphatic rings. The molecule has 0 bridgehead atoms. The first kappa shape index (κ1) is 18.6. The predicted octanol–water partition coefficient (Wildman–Crippen LogP) is 1.79. The van der Waals surface area contributed by atoms with Crippen molar-refractivity contribution in [2.75, 3.05) is 17.9 Å². The molecule has 0 aliphatic heterocycles. The fourth-order valence-electron chi connectivity index (χ4n) is 0.866. The third-order valence-electron chi connectivity index (χ3n) is 1.01. The lowest BCUT2D eigenvalue weighted by molar-refractivity contribution is -0.0517. The lowest BCUT2D eigenvalue weighted by Gasteiger charge is -2.10. The summed E-state index contributed by atoms with van der Waals surface area (Å²) >= 11 is 0. The SMILES string of the molecule is C[S+](C)C[Si](C)(C)C.O=S(=O)([O-])C(F)(F)F. The van der Waals surface area contributed by atoms with Crippen LogP contribution >= 0.6 is 0 Å². The maximum atomic E-state index is 10.7. The second kappa shape index (κ2) is 6.27. The van der Waals surface area contributed by atoms with Gasteiger partial charge in [-0.2, -0.15) is 13.2 Å². The summed E-state index contributed by atoms with van der Waals surface area (Å²) in [5.74, 6) is 0. The molecule has 0 amide bonds. The summed E-state index contributed by atoms with van der Waals surface area (Å²) in [6, 6.07) is 0. The predicted molar refractivity (Wildman–Crippen MR) is 63.2 cm³/mol. The molecule has 3 nitrogen and oxygen atoms in total.